The van der Waals surface area contributed by atoms with Gasteiger partial charge in [-0.25, -0.2) is 9.59 Å². The van der Waals surface area contributed by atoms with E-state index in [4.69, 9.17) is 9.47 Å². The second kappa shape index (κ2) is 15.7. The SMILES string of the molecule is O=C(OCc1ccccc1)C(=NOS(=O)(=O)[O-])C(=O)OCc1ccccc1.c1ccc(C[S+]2CCCC2)cc1. The first-order valence-electron chi connectivity index (χ1n) is 12.1. The topological polar surface area (TPSA) is 131 Å². The van der Waals surface area contributed by atoms with Gasteiger partial charge in [0.25, 0.3) is 16.1 Å². The zero-order valence-electron chi connectivity index (χ0n) is 21.1. The van der Waals surface area contributed by atoms with Gasteiger partial charge in [-0.05, 0) is 34.9 Å². The van der Waals surface area contributed by atoms with Gasteiger partial charge in [0.1, 0.15) is 30.5 Å². The van der Waals surface area contributed by atoms with Gasteiger partial charge in [0, 0.05) is 5.56 Å². The van der Waals surface area contributed by atoms with Crippen LogP contribution in [0.15, 0.2) is 96.2 Å². The summed E-state index contributed by atoms with van der Waals surface area (Å²) in [5.74, 6) is 1.69. The Labute approximate surface area is 231 Å². The molecule has 9 nitrogen and oxygen atoms in total. The summed E-state index contributed by atoms with van der Waals surface area (Å²) in [5.41, 5.74) is 1.64. The molecule has 39 heavy (non-hydrogen) atoms. The minimum atomic E-state index is -5.27. The van der Waals surface area contributed by atoms with Crippen LogP contribution >= 0.6 is 0 Å². The highest BCUT2D eigenvalue weighted by Gasteiger charge is 2.26. The normalized spacial score (nSPS) is 12.9. The van der Waals surface area contributed by atoms with E-state index in [2.05, 4.69) is 39.8 Å². The second-order valence-electron chi connectivity index (χ2n) is 8.40. The summed E-state index contributed by atoms with van der Waals surface area (Å²) in [6.07, 6.45) is 2.94. The Bertz CT molecular complexity index is 1250. The average molecular weight is 572 g/mol. The van der Waals surface area contributed by atoms with Crippen LogP contribution in [0, 0.1) is 0 Å². The zero-order chi connectivity index (χ0) is 27.9. The summed E-state index contributed by atoms with van der Waals surface area (Å²) in [7, 11) is -4.55. The number of hydrogen-bond donors (Lipinski definition) is 0. The summed E-state index contributed by atoms with van der Waals surface area (Å²) >= 11 is 0. The molecule has 3 aromatic rings. The molecular formula is C28H29NO8S2. The van der Waals surface area contributed by atoms with Gasteiger partial charge < -0.3 is 14.0 Å². The van der Waals surface area contributed by atoms with Crippen LogP contribution < -0.4 is 0 Å². The van der Waals surface area contributed by atoms with E-state index in [0.29, 0.717) is 11.1 Å². The summed E-state index contributed by atoms with van der Waals surface area (Å²) in [6.45, 7) is -0.427. The molecule has 1 fully saturated rings. The largest absolute Gasteiger partial charge is 0.714 e. The molecule has 0 unspecified atom stereocenters. The molecule has 0 amide bonds. The lowest BCUT2D eigenvalue weighted by Crippen LogP contribution is -2.29. The van der Waals surface area contributed by atoms with Gasteiger partial charge in [-0.1, -0.05) is 96.2 Å². The Kier molecular flexibility index (Phi) is 12.0. The predicted molar refractivity (Wildman–Crippen MR) is 147 cm³/mol. The van der Waals surface area contributed by atoms with E-state index < -0.39 is 28.0 Å². The monoisotopic (exact) mass is 571 g/mol. The third-order valence-electron chi connectivity index (χ3n) is 5.36. The Morgan fingerprint density at radius 2 is 1.13 bits per heavy atom. The van der Waals surface area contributed by atoms with Crippen molar-refractivity contribution >= 4 is 38.9 Å². The van der Waals surface area contributed by atoms with Crippen molar-refractivity contribution in [1.29, 1.82) is 0 Å². The van der Waals surface area contributed by atoms with Gasteiger partial charge >= 0.3 is 11.9 Å². The first-order valence-corrected chi connectivity index (χ1v) is 15.2. The smallest absolute Gasteiger partial charge is 0.368 e. The lowest BCUT2D eigenvalue weighted by atomic mass is 10.2. The summed E-state index contributed by atoms with van der Waals surface area (Å²) in [5, 5.41) is 2.79. The standard InChI is InChI=1S/C17H15NO8S.C11H15S/c19-16(24-11-13-7-3-1-4-8-13)15(18-26-27(21,22)23)17(20)25-12-14-9-5-2-6-10-14;1-2-6-11(7-3-1)10-12-8-4-5-9-12/h1-10H,11-12H2,(H,21,22,23);1-3,6-7H,4-5,8-10H2/q;+1/p-1. The van der Waals surface area contributed by atoms with Gasteiger partial charge in [0.05, 0.1) is 0 Å². The molecule has 4 rings (SSSR count). The van der Waals surface area contributed by atoms with Gasteiger partial charge in [-0.2, -0.15) is 8.42 Å². The highest BCUT2D eigenvalue weighted by Crippen LogP contribution is 2.18. The van der Waals surface area contributed by atoms with Gasteiger partial charge in [-0.15, -0.1) is 0 Å². The molecule has 1 saturated heterocycles. The fourth-order valence-corrected chi connectivity index (χ4v) is 6.04. The number of ether oxygens (including phenoxy) is 2. The third-order valence-corrected chi connectivity index (χ3v) is 8.09. The maximum Gasteiger partial charge on any atom is 0.368 e. The molecular weight excluding hydrogens is 542 g/mol. The van der Waals surface area contributed by atoms with Crippen molar-refractivity contribution in [2.45, 2.75) is 31.8 Å². The molecule has 0 aromatic heterocycles. The Balaban J connectivity index is 0.000000289. The van der Waals surface area contributed by atoms with Crippen LogP contribution in [-0.4, -0.2) is 42.1 Å². The van der Waals surface area contributed by atoms with Crippen molar-refractivity contribution in [2.75, 3.05) is 11.5 Å². The van der Waals surface area contributed by atoms with Crippen molar-refractivity contribution in [3.63, 3.8) is 0 Å². The Morgan fingerprint density at radius 3 is 1.54 bits per heavy atom. The number of oxime groups is 1. The molecule has 0 radical (unpaired) electrons. The molecule has 206 valence electrons. The van der Waals surface area contributed by atoms with E-state index in [1.54, 1.807) is 60.7 Å². The summed E-state index contributed by atoms with van der Waals surface area (Å²) < 4.78 is 45.1. The molecule has 0 aliphatic carbocycles. The lowest BCUT2D eigenvalue weighted by Gasteiger charge is -2.09. The molecule has 0 spiro atoms. The van der Waals surface area contributed by atoms with Gasteiger partial charge in [0.15, 0.2) is 0 Å². The van der Waals surface area contributed by atoms with E-state index in [1.165, 1.54) is 35.7 Å². The molecule has 0 bridgehead atoms. The fourth-order valence-electron chi connectivity index (χ4n) is 3.49. The summed E-state index contributed by atoms with van der Waals surface area (Å²) in [4.78, 5) is 24.1. The van der Waals surface area contributed by atoms with Crippen molar-refractivity contribution < 1.29 is 36.3 Å². The molecule has 1 aliphatic heterocycles. The number of esters is 2. The van der Waals surface area contributed by atoms with E-state index in [1.807, 2.05) is 0 Å². The molecule has 3 aromatic carbocycles. The van der Waals surface area contributed by atoms with Crippen LogP contribution in [0.4, 0.5) is 0 Å². The van der Waals surface area contributed by atoms with Crippen LogP contribution in [-0.2, 0) is 63.6 Å². The average Bonchev–Trinajstić information content (AvgIpc) is 3.45. The lowest BCUT2D eigenvalue weighted by molar-refractivity contribution is -0.142. The number of benzene rings is 3. The molecule has 0 saturated carbocycles. The molecule has 1 heterocycles. The van der Waals surface area contributed by atoms with Crippen LogP contribution in [0.5, 0.6) is 0 Å². The molecule has 0 N–H and O–H groups in total. The zero-order valence-corrected chi connectivity index (χ0v) is 22.8. The van der Waals surface area contributed by atoms with Crippen molar-refractivity contribution in [3.05, 3.63) is 108 Å². The highest BCUT2D eigenvalue weighted by atomic mass is 32.3. The summed E-state index contributed by atoms with van der Waals surface area (Å²) in [6, 6.07) is 27.9. The number of carbonyl (C=O) groups is 2. The van der Waals surface area contributed by atoms with E-state index >= 15 is 0 Å². The van der Waals surface area contributed by atoms with Crippen molar-refractivity contribution in [1.82, 2.24) is 0 Å². The van der Waals surface area contributed by atoms with E-state index in [-0.39, 0.29) is 13.2 Å². The third kappa shape index (κ3) is 11.7. The number of hydrogen-bond acceptors (Lipinski definition) is 9. The van der Waals surface area contributed by atoms with E-state index in [9.17, 15) is 22.6 Å². The van der Waals surface area contributed by atoms with Crippen LogP contribution in [0.2, 0.25) is 0 Å². The second-order valence-corrected chi connectivity index (χ2v) is 11.7. The number of carbonyl (C=O) groups excluding carboxylic acids is 2. The Hall–Kier alpha value is -3.67. The number of rotatable bonds is 10. The first kappa shape index (κ1) is 29.9. The van der Waals surface area contributed by atoms with Gasteiger partial charge in [-0.3, -0.25) is 4.28 Å². The molecule has 11 heteroatoms. The predicted octanol–water partition coefficient (Wildman–Crippen LogP) is 3.90. The first-order chi connectivity index (χ1) is 18.8. The maximum absolute atomic E-state index is 12.1. The number of nitrogens with zero attached hydrogens (tertiary/aromatic N) is 1. The van der Waals surface area contributed by atoms with Crippen molar-refractivity contribution in [3.8, 4) is 0 Å². The maximum atomic E-state index is 12.1. The minimum Gasteiger partial charge on any atom is -0.714 e. The van der Waals surface area contributed by atoms with Crippen LogP contribution in [0.25, 0.3) is 0 Å². The Morgan fingerprint density at radius 1 is 0.718 bits per heavy atom. The fraction of sp³-hybridized carbons (Fsp3) is 0.250. The van der Waals surface area contributed by atoms with Crippen LogP contribution in [0.3, 0.4) is 0 Å². The molecule has 1 aliphatic rings. The minimum absolute atomic E-state index is 0.214. The van der Waals surface area contributed by atoms with E-state index in [0.717, 1.165) is 10.9 Å². The van der Waals surface area contributed by atoms with Crippen molar-refractivity contribution in [2.24, 2.45) is 5.16 Å². The molecule has 0 atom stereocenters. The highest BCUT2D eigenvalue weighted by molar-refractivity contribution is 7.96. The quantitative estimate of drug-likeness (QED) is 0.0681. The van der Waals surface area contributed by atoms with Gasteiger partial charge in [0.2, 0.25) is 0 Å². The van der Waals surface area contributed by atoms with Crippen LogP contribution in [0.1, 0.15) is 29.5 Å².